The van der Waals surface area contributed by atoms with Crippen molar-refractivity contribution < 1.29 is 28.6 Å². The van der Waals surface area contributed by atoms with Crippen LogP contribution in [-0.4, -0.2) is 37.7 Å². The number of imide groups is 1. The third-order valence-electron chi connectivity index (χ3n) is 6.60. The van der Waals surface area contributed by atoms with Crippen LogP contribution in [0.15, 0.2) is 72.8 Å². The third-order valence-corrected chi connectivity index (χ3v) is 6.60. The monoisotopic (exact) mass is 516 g/mol. The molecule has 8 heteroatoms. The minimum Gasteiger partial charge on any atom is -0.494 e. The maximum Gasteiger partial charge on any atom is 0.266 e. The van der Waals surface area contributed by atoms with E-state index in [1.54, 1.807) is 29.3 Å². The topological polar surface area (TPSA) is 77.5 Å². The molecular formula is C30H32N2O6. The summed E-state index contributed by atoms with van der Waals surface area (Å²) in [5.74, 6) is 0.469. The number of benzene rings is 3. The number of hydrogen-bond donors (Lipinski definition) is 0. The standard InChI is InChI=1S/C30H32N2O6/c1-4-18-37-24-17-12-20(19-25(24)36-6-3)27-26-28(38-32(27)22-10-8-7-9-11-22)30(34)31(29(26)33)21-13-15-23(16-14-21)35-5-2/h7-17,19,26-28H,4-6,18H2,1-3H3/t26-,27+,28-/m1/s1. The van der Waals surface area contributed by atoms with Gasteiger partial charge in [0.15, 0.2) is 17.6 Å². The summed E-state index contributed by atoms with van der Waals surface area (Å²) in [5.41, 5.74) is 2.04. The van der Waals surface area contributed by atoms with Crippen molar-refractivity contribution in [2.75, 3.05) is 29.8 Å². The normalized spacial score (nSPS) is 20.6. The minimum atomic E-state index is -0.953. The lowest BCUT2D eigenvalue weighted by molar-refractivity contribution is -0.126. The van der Waals surface area contributed by atoms with E-state index in [0.29, 0.717) is 42.8 Å². The second-order valence-corrected chi connectivity index (χ2v) is 9.08. The van der Waals surface area contributed by atoms with E-state index < -0.39 is 18.1 Å². The molecule has 0 bridgehead atoms. The molecule has 0 saturated carbocycles. The van der Waals surface area contributed by atoms with Crippen molar-refractivity contribution in [3.8, 4) is 17.2 Å². The van der Waals surface area contributed by atoms with Crippen LogP contribution in [0.25, 0.3) is 0 Å². The summed E-state index contributed by atoms with van der Waals surface area (Å²) in [6.45, 7) is 7.41. The van der Waals surface area contributed by atoms with Crippen LogP contribution < -0.4 is 24.2 Å². The summed E-state index contributed by atoms with van der Waals surface area (Å²) in [6, 6.07) is 21.6. The van der Waals surface area contributed by atoms with E-state index in [-0.39, 0.29) is 11.8 Å². The average molecular weight is 517 g/mol. The molecule has 5 rings (SSSR count). The summed E-state index contributed by atoms with van der Waals surface area (Å²) in [4.78, 5) is 35.0. The van der Waals surface area contributed by atoms with Crippen LogP contribution in [0.5, 0.6) is 17.2 Å². The quantitative estimate of drug-likeness (QED) is 0.337. The first-order valence-electron chi connectivity index (χ1n) is 13.1. The molecule has 3 aromatic carbocycles. The predicted molar refractivity (Wildman–Crippen MR) is 144 cm³/mol. The molecule has 3 aromatic rings. The largest absolute Gasteiger partial charge is 0.494 e. The Balaban J connectivity index is 1.54. The molecule has 0 N–H and O–H groups in total. The fourth-order valence-electron chi connectivity index (χ4n) is 4.97. The highest BCUT2D eigenvalue weighted by Gasteiger charge is 2.60. The lowest BCUT2D eigenvalue weighted by Crippen LogP contribution is -2.37. The molecule has 2 heterocycles. The van der Waals surface area contributed by atoms with Crippen molar-refractivity contribution in [3.63, 3.8) is 0 Å². The molecule has 2 amide bonds. The summed E-state index contributed by atoms with van der Waals surface area (Å²) >= 11 is 0. The summed E-state index contributed by atoms with van der Waals surface area (Å²) < 4.78 is 17.3. The Morgan fingerprint density at radius 3 is 2.18 bits per heavy atom. The molecule has 2 fully saturated rings. The molecule has 2 aliphatic rings. The van der Waals surface area contributed by atoms with Crippen molar-refractivity contribution >= 4 is 23.2 Å². The fourth-order valence-corrected chi connectivity index (χ4v) is 4.97. The average Bonchev–Trinajstić information content (AvgIpc) is 3.45. The highest BCUT2D eigenvalue weighted by molar-refractivity contribution is 6.23. The molecule has 0 aromatic heterocycles. The van der Waals surface area contributed by atoms with Crippen LogP contribution in [0.1, 0.15) is 38.8 Å². The molecule has 0 radical (unpaired) electrons. The Kier molecular flexibility index (Phi) is 7.51. The first kappa shape index (κ1) is 25.6. The van der Waals surface area contributed by atoms with Crippen LogP contribution in [0.4, 0.5) is 11.4 Å². The van der Waals surface area contributed by atoms with Crippen molar-refractivity contribution in [3.05, 3.63) is 78.4 Å². The molecule has 0 spiro atoms. The predicted octanol–water partition coefficient (Wildman–Crippen LogP) is 5.32. The van der Waals surface area contributed by atoms with E-state index in [1.807, 2.05) is 69.3 Å². The van der Waals surface area contributed by atoms with Gasteiger partial charge in [-0.1, -0.05) is 31.2 Å². The Morgan fingerprint density at radius 1 is 0.763 bits per heavy atom. The number of hydroxylamine groups is 1. The number of ether oxygens (including phenoxy) is 3. The summed E-state index contributed by atoms with van der Waals surface area (Å²) in [5, 5.41) is 1.68. The molecule has 0 unspecified atom stereocenters. The number of hydrogen-bond acceptors (Lipinski definition) is 7. The van der Waals surface area contributed by atoms with Crippen molar-refractivity contribution in [1.29, 1.82) is 0 Å². The van der Waals surface area contributed by atoms with Gasteiger partial charge in [-0.25, -0.2) is 9.96 Å². The summed E-state index contributed by atoms with van der Waals surface area (Å²) in [6.07, 6.45) is -0.0846. The van der Waals surface area contributed by atoms with Crippen molar-refractivity contribution in [2.24, 2.45) is 5.92 Å². The van der Waals surface area contributed by atoms with E-state index in [9.17, 15) is 9.59 Å². The number of carbonyl (C=O) groups is 2. The zero-order chi connectivity index (χ0) is 26.6. The van der Waals surface area contributed by atoms with Crippen LogP contribution in [-0.2, 0) is 14.4 Å². The molecule has 2 aliphatic heterocycles. The number of rotatable bonds is 10. The van der Waals surface area contributed by atoms with E-state index in [1.165, 1.54) is 4.90 Å². The second-order valence-electron chi connectivity index (χ2n) is 9.08. The second kappa shape index (κ2) is 11.1. The Bertz CT molecular complexity index is 1280. The van der Waals surface area contributed by atoms with Crippen LogP contribution >= 0.6 is 0 Å². The minimum absolute atomic E-state index is 0.308. The molecule has 38 heavy (non-hydrogen) atoms. The first-order valence-corrected chi connectivity index (χ1v) is 13.1. The molecule has 198 valence electrons. The number of anilines is 2. The molecule has 2 saturated heterocycles. The smallest absolute Gasteiger partial charge is 0.266 e. The van der Waals surface area contributed by atoms with Gasteiger partial charge in [0.25, 0.3) is 5.91 Å². The number of para-hydroxylation sites is 1. The first-order chi connectivity index (χ1) is 18.6. The van der Waals surface area contributed by atoms with Gasteiger partial charge in [0, 0.05) is 0 Å². The van der Waals surface area contributed by atoms with E-state index in [0.717, 1.165) is 17.7 Å². The van der Waals surface area contributed by atoms with Crippen LogP contribution in [0.3, 0.4) is 0 Å². The third kappa shape index (κ3) is 4.67. The Hall–Kier alpha value is -4.04. The number of amides is 2. The van der Waals surface area contributed by atoms with Gasteiger partial charge in [-0.05, 0) is 74.4 Å². The van der Waals surface area contributed by atoms with Gasteiger partial charge in [0.1, 0.15) is 11.7 Å². The van der Waals surface area contributed by atoms with Crippen LogP contribution in [0.2, 0.25) is 0 Å². The highest BCUT2D eigenvalue weighted by Crippen LogP contribution is 2.48. The molecule has 8 nitrogen and oxygen atoms in total. The van der Waals surface area contributed by atoms with Crippen molar-refractivity contribution in [1.82, 2.24) is 0 Å². The lowest BCUT2D eigenvalue weighted by atomic mass is 9.90. The lowest BCUT2D eigenvalue weighted by Gasteiger charge is -2.29. The number of nitrogens with zero attached hydrogens (tertiary/aromatic N) is 2. The van der Waals surface area contributed by atoms with E-state index in [4.69, 9.17) is 19.0 Å². The van der Waals surface area contributed by atoms with Gasteiger partial charge in [-0.2, -0.15) is 0 Å². The van der Waals surface area contributed by atoms with E-state index >= 15 is 0 Å². The fraction of sp³-hybridized carbons (Fsp3) is 0.333. The maximum absolute atomic E-state index is 13.9. The van der Waals surface area contributed by atoms with Gasteiger partial charge < -0.3 is 14.2 Å². The van der Waals surface area contributed by atoms with Gasteiger partial charge >= 0.3 is 0 Å². The molecule has 3 atom stereocenters. The molecular weight excluding hydrogens is 484 g/mol. The van der Waals surface area contributed by atoms with Gasteiger partial charge in [-0.15, -0.1) is 0 Å². The Labute approximate surface area is 222 Å². The van der Waals surface area contributed by atoms with Gasteiger partial charge in [-0.3, -0.25) is 14.4 Å². The zero-order valence-electron chi connectivity index (χ0n) is 21.8. The number of carbonyl (C=O) groups excluding carboxylic acids is 2. The Morgan fingerprint density at radius 2 is 1.50 bits per heavy atom. The maximum atomic E-state index is 13.9. The van der Waals surface area contributed by atoms with E-state index in [2.05, 4.69) is 0 Å². The zero-order valence-corrected chi connectivity index (χ0v) is 21.8. The van der Waals surface area contributed by atoms with Gasteiger partial charge in [0.05, 0.1) is 37.2 Å². The SMILES string of the molecule is CCCOc1ccc([C@H]2[C@H]3C(=O)N(c4ccc(OCC)cc4)C(=O)[C@@H]3ON2c2ccccc2)cc1OCC. The molecule has 0 aliphatic carbocycles. The van der Waals surface area contributed by atoms with Crippen molar-refractivity contribution in [2.45, 2.75) is 39.3 Å². The van der Waals surface area contributed by atoms with Gasteiger partial charge in [0.2, 0.25) is 5.91 Å². The summed E-state index contributed by atoms with van der Waals surface area (Å²) in [7, 11) is 0. The highest BCUT2D eigenvalue weighted by atomic mass is 16.7. The van der Waals surface area contributed by atoms with Crippen LogP contribution in [0, 0.1) is 5.92 Å². The number of fused-ring (bicyclic) bond motifs is 1.